The second-order valence-corrected chi connectivity index (χ2v) is 8.00. The maximum atomic E-state index is 12.9. The zero-order chi connectivity index (χ0) is 19.8. The number of benzene rings is 1. The fourth-order valence-electron chi connectivity index (χ4n) is 4.94. The van der Waals surface area contributed by atoms with Crippen molar-refractivity contribution in [2.45, 2.75) is 50.4 Å². The van der Waals surface area contributed by atoms with Gasteiger partial charge in [0.25, 0.3) is 5.91 Å². The summed E-state index contributed by atoms with van der Waals surface area (Å²) in [6.07, 6.45) is 6.00. The van der Waals surface area contributed by atoms with Gasteiger partial charge in [-0.3, -0.25) is 9.69 Å². The molecule has 1 aromatic carbocycles. The zero-order valence-corrected chi connectivity index (χ0v) is 16.5. The van der Waals surface area contributed by atoms with Gasteiger partial charge in [0.05, 0.1) is 7.11 Å². The van der Waals surface area contributed by atoms with Crippen LogP contribution in [0.15, 0.2) is 53.1 Å². The van der Waals surface area contributed by atoms with Crippen molar-refractivity contribution in [3.8, 4) is 5.75 Å². The minimum absolute atomic E-state index is 0.151. The number of hydrogen-bond donors (Lipinski definition) is 1. The summed E-state index contributed by atoms with van der Waals surface area (Å²) in [7, 11) is 1.54. The molecule has 2 atom stereocenters. The number of piperidine rings is 1. The number of aromatic nitrogens is 1. The van der Waals surface area contributed by atoms with Gasteiger partial charge in [0.1, 0.15) is 0 Å². The average Bonchev–Trinajstić information content (AvgIpc) is 3.22. The van der Waals surface area contributed by atoms with Gasteiger partial charge in [-0.2, -0.15) is 0 Å². The first-order valence-corrected chi connectivity index (χ1v) is 10.2. The van der Waals surface area contributed by atoms with Crippen LogP contribution in [0.2, 0.25) is 0 Å². The molecule has 2 unspecified atom stereocenters. The van der Waals surface area contributed by atoms with Crippen molar-refractivity contribution in [2.75, 3.05) is 7.11 Å². The van der Waals surface area contributed by atoms with E-state index in [0.29, 0.717) is 28.9 Å². The number of amides is 1. The van der Waals surface area contributed by atoms with Gasteiger partial charge in [-0.05, 0) is 43.4 Å². The maximum Gasteiger partial charge on any atom is 0.291 e. The first-order chi connectivity index (χ1) is 14.2. The van der Waals surface area contributed by atoms with Crippen molar-refractivity contribution in [3.05, 3.63) is 60.0 Å². The third-order valence-electron chi connectivity index (χ3n) is 6.24. The molecule has 1 amide bonds. The summed E-state index contributed by atoms with van der Waals surface area (Å²) in [5.74, 6) is 0.392. The van der Waals surface area contributed by atoms with E-state index < -0.39 is 0 Å². The summed E-state index contributed by atoms with van der Waals surface area (Å²) in [5.41, 5.74) is 2.50. The zero-order valence-electron chi connectivity index (χ0n) is 16.5. The van der Waals surface area contributed by atoms with Crippen molar-refractivity contribution >= 4 is 17.0 Å². The molecule has 29 heavy (non-hydrogen) atoms. The Morgan fingerprint density at radius 1 is 1.17 bits per heavy atom. The van der Waals surface area contributed by atoms with E-state index in [9.17, 15) is 4.79 Å². The second-order valence-electron chi connectivity index (χ2n) is 8.00. The summed E-state index contributed by atoms with van der Waals surface area (Å²) in [4.78, 5) is 19.8. The minimum Gasteiger partial charge on any atom is -0.491 e. The van der Waals surface area contributed by atoms with E-state index in [1.165, 1.54) is 25.5 Å². The van der Waals surface area contributed by atoms with Crippen LogP contribution in [0.1, 0.15) is 41.8 Å². The highest BCUT2D eigenvalue weighted by atomic mass is 16.5. The van der Waals surface area contributed by atoms with Crippen molar-refractivity contribution in [1.29, 1.82) is 0 Å². The molecule has 2 aliphatic rings. The topological polar surface area (TPSA) is 67.6 Å². The van der Waals surface area contributed by atoms with Crippen LogP contribution in [0.4, 0.5) is 0 Å². The lowest BCUT2D eigenvalue weighted by atomic mass is 9.96. The van der Waals surface area contributed by atoms with E-state index in [4.69, 9.17) is 9.15 Å². The molecule has 2 saturated heterocycles. The van der Waals surface area contributed by atoms with Gasteiger partial charge in [0.15, 0.2) is 16.8 Å². The number of hydrogen-bond acceptors (Lipinski definition) is 5. The molecule has 2 aromatic heterocycles. The fraction of sp³-hybridized carbons (Fsp3) is 0.391. The quantitative estimate of drug-likeness (QED) is 0.717. The molecule has 6 heteroatoms. The molecule has 2 aliphatic heterocycles. The molecule has 4 heterocycles. The second kappa shape index (κ2) is 7.52. The van der Waals surface area contributed by atoms with Crippen LogP contribution < -0.4 is 10.1 Å². The number of nitrogens with zero attached hydrogens (tertiary/aromatic N) is 2. The highest BCUT2D eigenvalue weighted by molar-refractivity contribution is 6.00. The van der Waals surface area contributed by atoms with Crippen molar-refractivity contribution in [2.24, 2.45) is 0 Å². The van der Waals surface area contributed by atoms with Crippen LogP contribution in [0.25, 0.3) is 11.1 Å². The number of rotatable bonds is 5. The number of ether oxygens (including phenoxy) is 1. The first-order valence-electron chi connectivity index (χ1n) is 10.2. The molecule has 2 fully saturated rings. The van der Waals surface area contributed by atoms with Gasteiger partial charge >= 0.3 is 0 Å². The largest absolute Gasteiger partial charge is 0.491 e. The Morgan fingerprint density at radius 3 is 2.66 bits per heavy atom. The van der Waals surface area contributed by atoms with Crippen LogP contribution in [0.5, 0.6) is 5.75 Å². The monoisotopic (exact) mass is 391 g/mol. The third-order valence-corrected chi connectivity index (χ3v) is 6.24. The Morgan fingerprint density at radius 2 is 1.93 bits per heavy atom. The van der Waals surface area contributed by atoms with Gasteiger partial charge in [-0.25, -0.2) is 4.98 Å². The van der Waals surface area contributed by atoms with E-state index >= 15 is 0 Å². The lowest BCUT2D eigenvalue weighted by Crippen LogP contribution is -2.49. The normalized spacial score (nSPS) is 24.0. The molecule has 5 rings (SSSR count). The number of pyridine rings is 1. The van der Waals surface area contributed by atoms with Gasteiger partial charge in [-0.1, -0.05) is 30.3 Å². The van der Waals surface area contributed by atoms with Gasteiger partial charge in [0, 0.05) is 30.9 Å². The highest BCUT2D eigenvalue weighted by Gasteiger charge is 2.41. The summed E-state index contributed by atoms with van der Waals surface area (Å²) in [6, 6.07) is 15.4. The van der Waals surface area contributed by atoms with Crippen molar-refractivity contribution < 1.29 is 13.9 Å². The Hall–Kier alpha value is -2.86. The Bertz CT molecular complexity index is 1000. The van der Waals surface area contributed by atoms with Crippen LogP contribution in [0, 0.1) is 0 Å². The molecular weight excluding hydrogens is 366 g/mol. The summed E-state index contributed by atoms with van der Waals surface area (Å²) in [5, 5.41) is 3.19. The Balaban J connectivity index is 1.29. The fourth-order valence-corrected chi connectivity index (χ4v) is 4.94. The van der Waals surface area contributed by atoms with Gasteiger partial charge < -0.3 is 14.5 Å². The van der Waals surface area contributed by atoms with Crippen molar-refractivity contribution in [1.82, 2.24) is 15.2 Å². The standard InChI is InChI=1S/C23H25N3O3/c1-28-21-20-19(8-5-11-24-20)29-22(21)23(27)25-16-12-17-9-10-18(13-16)26(17)14-15-6-3-2-4-7-15/h2-8,11,16-18H,9-10,12-14H2,1H3,(H,25,27). The number of carbonyl (C=O) groups is 1. The SMILES string of the molecule is COc1c(C(=O)NC2CC3CCC(C2)N3Cc2ccccc2)oc2cccnc12. The third kappa shape index (κ3) is 3.38. The van der Waals surface area contributed by atoms with Crippen LogP contribution in [-0.2, 0) is 6.54 Å². The number of fused-ring (bicyclic) bond motifs is 3. The molecule has 150 valence electrons. The predicted octanol–water partition coefficient (Wildman–Crippen LogP) is 3.76. The Labute approximate surface area is 169 Å². The molecule has 6 nitrogen and oxygen atoms in total. The maximum absolute atomic E-state index is 12.9. The van der Waals surface area contributed by atoms with Crippen LogP contribution in [-0.4, -0.2) is 41.0 Å². The van der Waals surface area contributed by atoms with E-state index in [0.717, 1.165) is 19.4 Å². The lowest BCUT2D eigenvalue weighted by Gasteiger charge is -2.39. The lowest BCUT2D eigenvalue weighted by molar-refractivity contribution is 0.0803. The number of carbonyl (C=O) groups excluding carboxylic acids is 1. The van der Waals surface area contributed by atoms with Gasteiger partial charge in [0.2, 0.25) is 5.76 Å². The Kier molecular flexibility index (Phi) is 4.72. The molecule has 2 bridgehead atoms. The smallest absolute Gasteiger partial charge is 0.291 e. The van der Waals surface area contributed by atoms with E-state index in [1.54, 1.807) is 18.3 Å². The molecule has 1 N–H and O–H groups in total. The number of methoxy groups -OCH3 is 1. The minimum atomic E-state index is -0.222. The van der Waals surface area contributed by atoms with Crippen LogP contribution >= 0.6 is 0 Å². The molecule has 0 saturated carbocycles. The average molecular weight is 391 g/mol. The van der Waals surface area contributed by atoms with Gasteiger partial charge in [-0.15, -0.1) is 0 Å². The summed E-state index contributed by atoms with van der Waals surface area (Å²) < 4.78 is 11.2. The number of nitrogens with one attached hydrogen (secondary N) is 1. The number of furan rings is 1. The highest BCUT2D eigenvalue weighted by Crippen LogP contribution is 2.37. The molecule has 0 aliphatic carbocycles. The molecule has 3 aromatic rings. The van der Waals surface area contributed by atoms with E-state index in [1.807, 2.05) is 0 Å². The summed E-state index contributed by atoms with van der Waals surface area (Å²) >= 11 is 0. The molecule has 0 spiro atoms. The molecule has 0 radical (unpaired) electrons. The first kappa shape index (κ1) is 18.2. The van der Waals surface area contributed by atoms with E-state index in [2.05, 4.69) is 45.5 Å². The summed E-state index contributed by atoms with van der Waals surface area (Å²) in [6.45, 7) is 0.986. The van der Waals surface area contributed by atoms with E-state index in [-0.39, 0.29) is 17.7 Å². The molecular formula is C23H25N3O3. The predicted molar refractivity (Wildman–Crippen MR) is 110 cm³/mol. The van der Waals surface area contributed by atoms with Crippen LogP contribution in [0.3, 0.4) is 0 Å². The van der Waals surface area contributed by atoms with Crippen molar-refractivity contribution in [3.63, 3.8) is 0 Å².